The van der Waals surface area contributed by atoms with Gasteiger partial charge in [-0.2, -0.15) is 15.1 Å². The van der Waals surface area contributed by atoms with Gasteiger partial charge < -0.3 is 30.5 Å². The van der Waals surface area contributed by atoms with E-state index in [0.29, 0.717) is 16.9 Å². The van der Waals surface area contributed by atoms with Crippen molar-refractivity contribution < 1.29 is 25.2 Å². The molecule has 1 aliphatic heterocycles. The molecular weight excluding hydrogens is 422 g/mol. The average Bonchev–Trinajstić information content (AvgIpc) is 3.53. The maximum atomic E-state index is 10.5. The fourth-order valence-electron chi connectivity index (χ4n) is 3.43. The first kappa shape index (κ1) is 20.3. The molecule has 0 aromatic carbocycles. The number of hydrogen-bond acceptors (Lipinski definition) is 12. The van der Waals surface area contributed by atoms with Crippen molar-refractivity contribution in [1.29, 1.82) is 0 Å². The van der Waals surface area contributed by atoms with Crippen LogP contribution < -0.4 is 5.32 Å². The van der Waals surface area contributed by atoms with Gasteiger partial charge >= 0.3 is 0 Å². The Bertz CT molecular complexity index is 1230. The van der Waals surface area contributed by atoms with E-state index in [1.165, 1.54) is 40.4 Å². The summed E-state index contributed by atoms with van der Waals surface area (Å²) in [5.74, 6) is 0.853. The highest BCUT2D eigenvalue weighted by Crippen LogP contribution is 2.33. The van der Waals surface area contributed by atoms with Crippen molar-refractivity contribution in [1.82, 2.24) is 39.3 Å². The molecule has 14 heteroatoms. The van der Waals surface area contributed by atoms with Crippen molar-refractivity contribution in [3.05, 3.63) is 42.9 Å². The van der Waals surface area contributed by atoms with E-state index in [0.717, 1.165) is 0 Å². The summed E-state index contributed by atoms with van der Waals surface area (Å²) < 4.78 is 8.45. The van der Waals surface area contributed by atoms with Gasteiger partial charge in [-0.3, -0.25) is 9.55 Å². The van der Waals surface area contributed by atoms with Crippen LogP contribution in [-0.4, -0.2) is 84.6 Å². The molecule has 32 heavy (non-hydrogen) atoms. The zero-order valence-electron chi connectivity index (χ0n) is 16.5. The van der Waals surface area contributed by atoms with Gasteiger partial charge in [0.2, 0.25) is 0 Å². The van der Waals surface area contributed by atoms with Gasteiger partial charge in [0.05, 0.1) is 31.9 Å². The highest BCUT2D eigenvalue weighted by Gasteiger charge is 2.44. The summed E-state index contributed by atoms with van der Waals surface area (Å²) in [4.78, 5) is 21.5. The number of rotatable bonds is 6. The highest BCUT2D eigenvalue weighted by atomic mass is 16.6. The predicted octanol–water partition coefficient (Wildman–Crippen LogP) is -1.35. The lowest BCUT2D eigenvalue weighted by molar-refractivity contribution is -0.0511. The summed E-state index contributed by atoms with van der Waals surface area (Å²) in [6, 6.07) is 0. The number of nitrogens with zero attached hydrogens (tertiary/aromatic N) is 8. The van der Waals surface area contributed by atoms with Gasteiger partial charge in [-0.05, 0) is 0 Å². The number of aromatic nitrogens is 8. The second-order valence-electron chi connectivity index (χ2n) is 7.09. The quantitative estimate of drug-likeness (QED) is 0.237. The summed E-state index contributed by atoms with van der Waals surface area (Å²) in [5.41, 5.74) is 1.18. The Balaban J connectivity index is 1.64. The lowest BCUT2D eigenvalue weighted by atomic mass is 10.1. The largest absolute Gasteiger partial charge is 0.394 e. The Labute approximate surface area is 179 Å². The van der Waals surface area contributed by atoms with Crippen molar-refractivity contribution in [2.24, 2.45) is 0 Å². The van der Waals surface area contributed by atoms with Crippen molar-refractivity contribution in [3.8, 4) is 5.95 Å². The maximum Gasteiger partial charge on any atom is 0.254 e. The third-order valence-corrected chi connectivity index (χ3v) is 5.03. The van der Waals surface area contributed by atoms with Crippen molar-refractivity contribution in [2.45, 2.75) is 31.1 Å². The lowest BCUT2D eigenvalue weighted by Gasteiger charge is -2.17. The van der Waals surface area contributed by atoms with Crippen LogP contribution in [-0.2, 0) is 11.3 Å². The normalized spacial score (nSPS) is 23.1. The SMILES string of the molecule is OCc1cnn(-c2nc(Nc3cnccn3)c3ncn([C@@H]4O[C@H](CO)[C@@H](O)[C@H]4O)c3n2)c1. The Morgan fingerprint density at radius 3 is 2.62 bits per heavy atom. The molecule has 4 aromatic heterocycles. The molecule has 0 bridgehead atoms. The van der Waals surface area contributed by atoms with Gasteiger partial charge in [0, 0.05) is 24.2 Å². The highest BCUT2D eigenvalue weighted by molar-refractivity contribution is 5.85. The van der Waals surface area contributed by atoms with Crippen molar-refractivity contribution in [2.75, 3.05) is 11.9 Å². The number of imidazole rings is 1. The molecule has 0 radical (unpaired) electrons. The summed E-state index contributed by atoms with van der Waals surface area (Å²) in [6.45, 7) is -0.661. The van der Waals surface area contributed by atoms with Crippen molar-refractivity contribution >= 4 is 22.8 Å². The number of ether oxygens (including phenoxy) is 1. The Kier molecular flexibility index (Phi) is 5.20. The van der Waals surface area contributed by atoms with Crippen LogP contribution in [0.15, 0.2) is 37.3 Å². The Hall–Kier alpha value is -3.56. The molecule has 5 N–H and O–H groups in total. The Morgan fingerprint density at radius 2 is 1.94 bits per heavy atom. The summed E-state index contributed by atoms with van der Waals surface area (Å²) in [5, 5.41) is 46.6. The molecule has 14 nitrogen and oxygen atoms in total. The second-order valence-corrected chi connectivity index (χ2v) is 7.09. The van der Waals surface area contributed by atoms with Crippen molar-refractivity contribution in [3.63, 3.8) is 0 Å². The smallest absolute Gasteiger partial charge is 0.254 e. The molecule has 5 heterocycles. The number of nitrogens with one attached hydrogen (secondary N) is 1. The molecule has 1 aliphatic rings. The van der Waals surface area contributed by atoms with Crippen LogP contribution in [0.4, 0.5) is 11.6 Å². The van der Waals surface area contributed by atoms with Gasteiger partial charge in [0.1, 0.15) is 24.1 Å². The van der Waals surface area contributed by atoms with E-state index in [1.807, 2.05) is 0 Å². The molecule has 4 atom stereocenters. The predicted molar refractivity (Wildman–Crippen MR) is 107 cm³/mol. The first-order valence-corrected chi connectivity index (χ1v) is 9.64. The van der Waals surface area contributed by atoms with Gasteiger partial charge in [0.25, 0.3) is 5.95 Å². The average molecular weight is 441 g/mol. The fourth-order valence-corrected chi connectivity index (χ4v) is 3.43. The summed E-state index contributed by atoms with van der Waals surface area (Å²) in [6.07, 6.45) is 4.41. The van der Waals surface area contributed by atoms with E-state index in [9.17, 15) is 20.4 Å². The number of aliphatic hydroxyl groups is 4. The maximum absolute atomic E-state index is 10.5. The van der Waals surface area contributed by atoms with Crippen LogP contribution in [0.3, 0.4) is 0 Å². The first-order valence-electron chi connectivity index (χ1n) is 9.64. The molecular formula is C18H19N9O5. The van der Waals surface area contributed by atoms with Gasteiger partial charge in [-0.1, -0.05) is 0 Å². The summed E-state index contributed by atoms with van der Waals surface area (Å²) in [7, 11) is 0. The van der Waals surface area contributed by atoms with E-state index in [2.05, 4.69) is 35.3 Å². The Morgan fingerprint density at radius 1 is 1.06 bits per heavy atom. The standard InChI is InChI=1S/C18H19N9O5/c28-6-9-3-22-27(5-9)18-24-15(23-11-4-19-1-2-20-11)12-16(25-18)26(8-21-12)17-14(31)13(30)10(7-29)32-17/h1-5,8,10,13-14,17,28-31H,6-7H2,(H,20,23,24,25)/t10-,13-,14-,17-/m1/s1. The van der Waals surface area contributed by atoms with E-state index in [-0.39, 0.29) is 24.0 Å². The number of hydrogen-bond donors (Lipinski definition) is 5. The molecule has 0 aliphatic carbocycles. The van der Waals surface area contributed by atoms with Crippen LogP contribution in [0.25, 0.3) is 17.1 Å². The van der Waals surface area contributed by atoms with Crippen LogP contribution >= 0.6 is 0 Å². The van der Waals surface area contributed by atoms with E-state index in [4.69, 9.17) is 4.74 Å². The van der Waals surface area contributed by atoms with Crippen LogP contribution in [0.5, 0.6) is 0 Å². The molecule has 4 aromatic rings. The van der Waals surface area contributed by atoms with Crippen LogP contribution in [0.2, 0.25) is 0 Å². The molecule has 0 unspecified atom stereocenters. The van der Waals surface area contributed by atoms with E-state index < -0.39 is 31.1 Å². The molecule has 1 saturated heterocycles. The molecule has 1 fully saturated rings. The lowest BCUT2D eigenvalue weighted by Crippen LogP contribution is -2.33. The molecule has 166 valence electrons. The fraction of sp³-hybridized carbons (Fsp3) is 0.333. The second kappa shape index (κ2) is 8.18. The third-order valence-electron chi connectivity index (χ3n) is 5.03. The van der Waals surface area contributed by atoms with E-state index >= 15 is 0 Å². The summed E-state index contributed by atoms with van der Waals surface area (Å²) >= 11 is 0. The van der Waals surface area contributed by atoms with E-state index in [1.54, 1.807) is 6.20 Å². The number of anilines is 2. The minimum absolute atomic E-state index is 0.150. The molecule has 0 spiro atoms. The monoisotopic (exact) mass is 441 g/mol. The minimum Gasteiger partial charge on any atom is -0.394 e. The minimum atomic E-state index is -1.31. The first-order chi connectivity index (χ1) is 15.6. The third kappa shape index (κ3) is 3.45. The number of fused-ring (bicyclic) bond motifs is 1. The van der Waals surface area contributed by atoms with Gasteiger partial charge in [-0.25, -0.2) is 14.6 Å². The molecule has 0 saturated carbocycles. The number of aliphatic hydroxyl groups excluding tert-OH is 4. The van der Waals surface area contributed by atoms with Gasteiger partial charge in [0.15, 0.2) is 23.2 Å². The van der Waals surface area contributed by atoms with Crippen LogP contribution in [0.1, 0.15) is 11.8 Å². The molecule has 0 amide bonds. The molecule has 5 rings (SSSR count). The van der Waals surface area contributed by atoms with Crippen LogP contribution in [0, 0.1) is 0 Å². The zero-order chi connectivity index (χ0) is 22.2. The zero-order valence-corrected chi connectivity index (χ0v) is 16.5. The van der Waals surface area contributed by atoms with Gasteiger partial charge in [-0.15, -0.1) is 0 Å². The topological polar surface area (TPSA) is 189 Å².